The smallest absolute Gasteiger partial charge is 0.410 e. The van der Waals surface area contributed by atoms with E-state index in [9.17, 15) is 9.59 Å². The summed E-state index contributed by atoms with van der Waals surface area (Å²) in [4.78, 5) is 46.7. The van der Waals surface area contributed by atoms with Crippen LogP contribution in [-0.4, -0.2) is 68.3 Å². The van der Waals surface area contributed by atoms with Crippen LogP contribution in [-0.2, 0) is 16.1 Å². The molecule has 2 unspecified atom stereocenters. The summed E-state index contributed by atoms with van der Waals surface area (Å²) in [6, 6.07) is 29.6. The Kier molecular flexibility index (Phi) is 8.84. The predicted molar refractivity (Wildman–Crippen MR) is 210 cm³/mol. The zero-order chi connectivity index (χ0) is 36.9. The van der Waals surface area contributed by atoms with Crippen molar-refractivity contribution in [3.05, 3.63) is 108 Å². The van der Waals surface area contributed by atoms with E-state index in [4.69, 9.17) is 14.5 Å². The molecule has 8 rings (SSSR count). The van der Waals surface area contributed by atoms with Gasteiger partial charge in [0, 0.05) is 18.1 Å². The summed E-state index contributed by atoms with van der Waals surface area (Å²) < 4.78 is 11.4. The van der Waals surface area contributed by atoms with Crippen molar-refractivity contribution in [2.45, 2.75) is 77.0 Å². The van der Waals surface area contributed by atoms with Gasteiger partial charge in [0.25, 0.3) is 0 Å². The average Bonchev–Trinajstić information content (AvgIpc) is 3.95. The van der Waals surface area contributed by atoms with Crippen LogP contribution < -0.4 is 0 Å². The second-order valence-electron chi connectivity index (χ2n) is 16.2. The lowest BCUT2D eigenvalue weighted by Gasteiger charge is -2.28. The van der Waals surface area contributed by atoms with E-state index >= 15 is 0 Å². The molecule has 0 aliphatic carbocycles. The number of hydrogen-bond donors (Lipinski definition) is 2. The normalized spacial score (nSPS) is 18.6. The molecule has 272 valence electrons. The number of carbonyl (C=O) groups excluding carboxylic acids is 2. The molecule has 11 heteroatoms. The first-order valence-corrected chi connectivity index (χ1v) is 21.9. The van der Waals surface area contributed by atoms with Crippen molar-refractivity contribution in [3.8, 4) is 22.4 Å². The molecule has 10 nitrogen and oxygen atoms in total. The minimum atomic E-state index is -1.64. The molecule has 0 radical (unpaired) electrons. The summed E-state index contributed by atoms with van der Waals surface area (Å²) in [5.41, 5.74) is 6.43. The largest absolute Gasteiger partial charge is 0.445 e. The number of fused-ring (bicyclic) bond motifs is 3. The van der Waals surface area contributed by atoms with Crippen LogP contribution in [0.15, 0.2) is 91.1 Å². The lowest BCUT2D eigenvalue weighted by Crippen LogP contribution is -2.39. The Labute approximate surface area is 310 Å². The van der Waals surface area contributed by atoms with E-state index < -0.39 is 13.7 Å². The molecule has 6 aromatic rings. The maximum Gasteiger partial charge on any atom is 0.410 e. The summed E-state index contributed by atoms with van der Waals surface area (Å²) in [7, 11) is -1.64. The molecule has 2 atom stereocenters. The molecular weight excluding hydrogens is 681 g/mol. The monoisotopic (exact) mass is 726 g/mol. The van der Waals surface area contributed by atoms with Crippen LogP contribution in [0.2, 0.25) is 19.1 Å². The van der Waals surface area contributed by atoms with Crippen LogP contribution in [0.1, 0.15) is 62.9 Å². The van der Waals surface area contributed by atoms with Crippen LogP contribution in [0.3, 0.4) is 0 Å². The van der Waals surface area contributed by atoms with E-state index in [0.29, 0.717) is 6.54 Å². The Balaban J connectivity index is 0.981. The van der Waals surface area contributed by atoms with E-state index in [-0.39, 0.29) is 30.9 Å². The van der Waals surface area contributed by atoms with E-state index in [0.717, 1.165) is 86.5 Å². The molecule has 2 aliphatic rings. The molecule has 2 amide bonds. The standard InChI is InChI=1S/C42H46N6O4Si/c1-42(2,3)52-41(50)48-26-53(4,5)25-36(48)39-44-33-20-18-31-22-30(17-19-32(31)37(33)46-39)28-13-15-29(16-14-28)34-23-43-38(45-34)35-12-9-21-47(35)40(49)51-24-27-10-7-6-8-11-27/h6-8,10-11,13-20,22-23,35-36H,9,12,21,24-26H2,1-5H3,(H,43,45)(H,44,46). The number of rotatable bonds is 6. The van der Waals surface area contributed by atoms with Crippen molar-refractivity contribution in [2.24, 2.45) is 0 Å². The molecule has 0 bridgehead atoms. The van der Waals surface area contributed by atoms with Crippen molar-refractivity contribution < 1.29 is 19.1 Å². The molecule has 2 saturated heterocycles. The van der Waals surface area contributed by atoms with Crippen LogP contribution in [0.5, 0.6) is 0 Å². The summed E-state index contributed by atoms with van der Waals surface area (Å²) in [6.45, 7) is 11.3. The van der Waals surface area contributed by atoms with Gasteiger partial charge in [-0.25, -0.2) is 19.6 Å². The number of carbonyl (C=O) groups is 2. The zero-order valence-corrected chi connectivity index (χ0v) is 32.0. The third kappa shape index (κ3) is 7.17. The van der Waals surface area contributed by atoms with Gasteiger partial charge in [-0.2, -0.15) is 0 Å². The molecule has 2 fully saturated rings. The minimum absolute atomic E-state index is 0.128. The van der Waals surface area contributed by atoms with Gasteiger partial charge in [-0.1, -0.05) is 85.9 Å². The number of ether oxygens (including phenoxy) is 2. The summed E-state index contributed by atoms with van der Waals surface area (Å²) >= 11 is 0. The number of amides is 2. The summed E-state index contributed by atoms with van der Waals surface area (Å²) in [6.07, 6.45) is 3.75. The molecule has 2 aromatic heterocycles. The first-order valence-electron chi connectivity index (χ1n) is 18.5. The third-order valence-electron chi connectivity index (χ3n) is 10.3. The topological polar surface area (TPSA) is 116 Å². The van der Waals surface area contributed by atoms with Crippen molar-refractivity contribution >= 4 is 42.1 Å². The number of aromatic nitrogens is 4. The molecule has 0 saturated carbocycles. The number of nitrogens with one attached hydrogen (secondary N) is 2. The summed E-state index contributed by atoms with van der Waals surface area (Å²) in [5.74, 6) is 1.60. The highest BCUT2D eigenvalue weighted by Gasteiger charge is 2.45. The van der Waals surface area contributed by atoms with E-state index in [1.165, 1.54) is 0 Å². The maximum atomic E-state index is 13.2. The van der Waals surface area contributed by atoms with Gasteiger partial charge in [-0.15, -0.1) is 0 Å². The second-order valence-corrected chi connectivity index (χ2v) is 21.2. The number of hydrogen-bond acceptors (Lipinski definition) is 6. The molecule has 2 aliphatic heterocycles. The van der Waals surface area contributed by atoms with Gasteiger partial charge >= 0.3 is 12.2 Å². The van der Waals surface area contributed by atoms with E-state index in [1.807, 2.05) is 62.2 Å². The van der Waals surface area contributed by atoms with Crippen LogP contribution in [0.25, 0.3) is 44.2 Å². The molecule has 0 spiro atoms. The number of aromatic amines is 2. The minimum Gasteiger partial charge on any atom is -0.445 e. The molecule has 4 heterocycles. The molecular formula is C42H46N6O4Si. The first kappa shape index (κ1) is 34.7. The van der Waals surface area contributed by atoms with Crippen molar-refractivity contribution in [2.75, 3.05) is 12.7 Å². The highest BCUT2D eigenvalue weighted by Crippen LogP contribution is 2.39. The highest BCUT2D eigenvalue weighted by molar-refractivity contribution is 6.78. The lowest BCUT2D eigenvalue weighted by molar-refractivity contribution is 0.0229. The fourth-order valence-electron chi connectivity index (χ4n) is 7.75. The summed E-state index contributed by atoms with van der Waals surface area (Å²) in [5, 5.41) is 2.17. The van der Waals surface area contributed by atoms with Gasteiger partial charge in [-0.05, 0) is 79.4 Å². The maximum absolute atomic E-state index is 13.2. The highest BCUT2D eigenvalue weighted by atomic mass is 28.3. The fraction of sp³-hybridized carbons (Fsp3) is 0.333. The number of imidazole rings is 2. The van der Waals surface area contributed by atoms with Gasteiger partial charge in [0.1, 0.15) is 23.9 Å². The Morgan fingerprint density at radius 1 is 0.849 bits per heavy atom. The number of likely N-dealkylation sites (tertiary alicyclic amines) is 1. The lowest BCUT2D eigenvalue weighted by atomic mass is 9.99. The average molecular weight is 727 g/mol. The number of H-pyrrole nitrogens is 2. The molecule has 4 aromatic carbocycles. The quantitative estimate of drug-likeness (QED) is 0.165. The van der Waals surface area contributed by atoms with Crippen molar-refractivity contribution in [1.82, 2.24) is 29.7 Å². The predicted octanol–water partition coefficient (Wildman–Crippen LogP) is 9.79. The van der Waals surface area contributed by atoms with Crippen molar-refractivity contribution in [3.63, 3.8) is 0 Å². The van der Waals surface area contributed by atoms with Gasteiger partial charge in [0.15, 0.2) is 0 Å². The molecule has 53 heavy (non-hydrogen) atoms. The van der Waals surface area contributed by atoms with E-state index in [1.54, 1.807) is 4.90 Å². The van der Waals surface area contributed by atoms with E-state index in [2.05, 4.69) is 82.6 Å². The van der Waals surface area contributed by atoms with Crippen LogP contribution in [0, 0.1) is 0 Å². The van der Waals surface area contributed by atoms with Crippen LogP contribution in [0.4, 0.5) is 9.59 Å². The van der Waals surface area contributed by atoms with Gasteiger partial charge in [0.05, 0.1) is 43.1 Å². The Hall–Kier alpha value is -5.42. The molecule has 2 N–H and O–H groups in total. The van der Waals surface area contributed by atoms with Crippen LogP contribution >= 0.6 is 0 Å². The number of nitrogens with zero attached hydrogens (tertiary/aromatic N) is 4. The SMILES string of the molecule is CC(C)(C)OC(=O)N1C[Si](C)(C)CC1c1nc2c(ccc3cc(-c4ccc(-c5cnc(C6CCCN6C(=O)OCc6ccccc6)[nH]5)cc4)ccc32)[nH]1. The Bertz CT molecular complexity index is 2290. The zero-order valence-electron chi connectivity index (χ0n) is 31.0. The first-order chi connectivity index (χ1) is 25.4. The van der Waals surface area contributed by atoms with Gasteiger partial charge < -0.3 is 24.3 Å². The van der Waals surface area contributed by atoms with Crippen molar-refractivity contribution in [1.29, 1.82) is 0 Å². The third-order valence-corrected chi connectivity index (χ3v) is 13.0. The Morgan fingerprint density at radius 2 is 1.60 bits per heavy atom. The van der Waals surface area contributed by atoms with Gasteiger partial charge in [0.2, 0.25) is 0 Å². The second kappa shape index (κ2) is 13.5. The van der Waals surface area contributed by atoms with Gasteiger partial charge in [-0.3, -0.25) is 4.90 Å². The number of benzene rings is 4. The fourth-order valence-corrected chi connectivity index (χ4v) is 10.6. The Morgan fingerprint density at radius 3 is 2.38 bits per heavy atom.